The molecule has 6 heterocycles. The van der Waals surface area contributed by atoms with Crippen LogP contribution >= 0.6 is 0 Å². The first-order valence-electron chi connectivity index (χ1n) is 12.0. The van der Waals surface area contributed by atoms with E-state index < -0.39 is 0 Å². The number of nitrogens with zero attached hydrogens (tertiary/aromatic N) is 7. The van der Waals surface area contributed by atoms with Gasteiger partial charge in [0.2, 0.25) is 5.95 Å². The van der Waals surface area contributed by atoms with E-state index in [2.05, 4.69) is 38.9 Å². The lowest BCUT2D eigenvalue weighted by Crippen LogP contribution is -2.46. The van der Waals surface area contributed by atoms with Crippen molar-refractivity contribution in [2.45, 2.75) is 26.1 Å². The van der Waals surface area contributed by atoms with Gasteiger partial charge < -0.3 is 24.6 Å². The number of aromatic nitrogens is 5. The molecule has 4 aromatic rings. The molecule has 1 N–H and O–H groups in total. The molecule has 0 aromatic carbocycles. The molecule has 2 saturated heterocycles. The normalized spacial score (nSPS) is 21.0. The second-order valence-electron chi connectivity index (χ2n) is 9.04. The third-order valence-corrected chi connectivity index (χ3v) is 6.31. The van der Waals surface area contributed by atoms with Crippen LogP contribution in [-0.2, 0) is 9.47 Å². The summed E-state index contributed by atoms with van der Waals surface area (Å²) in [5.74, 6) is 2.89. The van der Waals surface area contributed by atoms with Crippen molar-refractivity contribution in [3.63, 3.8) is 0 Å². The van der Waals surface area contributed by atoms with E-state index in [1.54, 1.807) is 12.4 Å². The summed E-state index contributed by atoms with van der Waals surface area (Å²) >= 11 is 0. The van der Waals surface area contributed by atoms with Crippen molar-refractivity contribution in [3.8, 4) is 0 Å². The molecule has 10 nitrogen and oxygen atoms in total. The molecule has 4 aromatic heterocycles. The van der Waals surface area contributed by atoms with Crippen LogP contribution in [0.2, 0.25) is 0 Å². The maximum atomic E-state index is 5.93. The molecule has 2 unspecified atom stereocenters. The molecule has 0 bridgehead atoms. The van der Waals surface area contributed by atoms with Crippen molar-refractivity contribution >= 4 is 45.3 Å². The molecule has 2 aliphatic rings. The van der Waals surface area contributed by atoms with Crippen LogP contribution in [0.25, 0.3) is 21.9 Å². The highest BCUT2D eigenvalue weighted by atomic mass is 16.5. The first-order chi connectivity index (χ1) is 17.1. The van der Waals surface area contributed by atoms with Gasteiger partial charge in [-0.05, 0) is 38.1 Å². The summed E-state index contributed by atoms with van der Waals surface area (Å²) in [6.07, 6.45) is 3.75. The fourth-order valence-corrected chi connectivity index (χ4v) is 4.77. The highest BCUT2D eigenvalue weighted by Crippen LogP contribution is 2.30. The van der Waals surface area contributed by atoms with E-state index in [9.17, 15) is 0 Å². The van der Waals surface area contributed by atoms with E-state index >= 15 is 0 Å². The van der Waals surface area contributed by atoms with Crippen molar-refractivity contribution in [2.24, 2.45) is 0 Å². The molecule has 35 heavy (non-hydrogen) atoms. The molecule has 0 amide bonds. The summed E-state index contributed by atoms with van der Waals surface area (Å²) in [4.78, 5) is 28.2. The van der Waals surface area contributed by atoms with Gasteiger partial charge in [-0.25, -0.2) is 9.97 Å². The SMILES string of the molecule is CC1CN(c2nc(N3CCOCC3)c3ccc(Nc4nccc5cccnc45)nc3n2)CC(C)O1. The van der Waals surface area contributed by atoms with Crippen LogP contribution in [0.3, 0.4) is 0 Å². The Morgan fingerprint density at radius 2 is 1.71 bits per heavy atom. The number of morpholine rings is 2. The summed E-state index contributed by atoms with van der Waals surface area (Å²) in [5, 5.41) is 5.27. The first-order valence-corrected chi connectivity index (χ1v) is 12.0. The zero-order chi connectivity index (χ0) is 23.8. The van der Waals surface area contributed by atoms with Gasteiger partial charge in [-0.2, -0.15) is 9.97 Å². The van der Waals surface area contributed by atoms with E-state index in [4.69, 9.17) is 24.4 Å². The Kier molecular flexibility index (Phi) is 5.75. The monoisotopic (exact) mass is 472 g/mol. The van der Waals surface area contributed by atoms with E-state index in [0.29, 0.717) is 36.4 Å². The summed E-state index contributed by atoms with van der Waals surface area (Å²) in [5.41, 5.74) is 1.44. The minimum Gasteiger partial charge on any atom is -0.378 e. The van der Waals surface area contributed by atoms with E-state index in [0.717, 1.165) is 48.3 Å². The molecule has 2 atom stereocenters. The minimum absolute atomic E-state index is 0.107. The molecular weight excluding hydrogens is 444 g/mol. The van der Waals surface area contributed by atoms with Crippen LogP contribution in [0.5, 0.6) is 0 Å². The van der Waals surface area contributed by atoms with Gasteiger partial charge >= 0.3 is 0 Å². The molecule has 2 aliphatic heterocycles. The van der Waals surface area contributed by atoms with Gasteiger partial charge in [0.25, 0.3) is 0 Å². The predicted molar refractivity (Wildman–Crippen MR) is 135 cm³/mol. The lowest BCUT2D eigenvalue weighted by atomic mass is 10.2. The van der Waals surface area contributed by atoms with Crippen LogP contribution in [0.1, 0.15) is 13.8 Å². The van der Waals surface area contributed by atoms with Gasteiger partial charge in [-0.3, -0.25) is 4.98 Å². The molecule has 0 spiro atoms. The third kappa shape index (κ3) is 4.42. The van der Waals surface area contributed by atoms with Crippen molar-refractivity contribution in [1.29, 1.82) is 0 Å². The number of pyridine rings is 3. The molecule has 2 fully saturated rings. The molecule has 0 saturated carbocycles. The van der Waals surface area contributed by atoms with Crippen LogP contribution in [-0.4, -0.2) is 76.5 Å². The quantitative estimate of drug-likeness (QED) is 0.476. The number of hydrogen-bond donors (Lipinski definition) is 1. The lowest BCUT2D eigenvalue weighted by Gasteiger charge is -2.36. The van der Waals surface area contributed by atoms with Gasteiger partial charge in [0, 0.05) is 44.0 Å². The number of nitrogens with one attached hydrogen (secondary N) is 1. The fraction of sp³-hybridized carbons (Fsp3) is 0.400. The Morgan fingerprint density at radius 3 is 2.54 bits per heavy atom. The third-order valence-electron chi connectivity index (χ3n) is 6.31. The zero-order valence-corrected chi connectivity index (χ0v) is 19.9. The maximum Gasteiger partial charge on any atom is 0.229 e. The number of hydrogen-bond acceptors (Lipinski definition) is 10. The van der Waals surface area contributed by atoms with Crippen LogP contribution in [0.15, 0.2) is 42.7 Å². The van der Waals surface area contributed by atoms with Gasteiger partial charge in [-0.15, -0.1) is 0 Å². The van der Waals surface area contributed by atoms with Gasteiger partial charge in [-0.1, -0.05) is 6.07 Å². The Morgan fingerprint density at radius 1 is 0.886 bits per heavy atom. The van der Waals surface area contributed by atoms with Gasteiger partial charge in [0.05, 0.1) is 30.8 Å². The van der Waals surface area contributed by atoms with E-state index in [1.807, 2.05) is 30.3 Å². The molecule has 10 heteroatoms. The van der Waals surface area contributed by atoms with Crippen LogP contribution in [0, 0.1) is 0 Å². The number of fused-ring (bicyclic) bond motifs is 2. The standard InChI is InChI=1S/C25H28N8O2/c1-16-14-33(15-17(2)35-16)25-30-22-19(24(31-25)32-10-12-34-13-11-32)5-6-20(28-22)29-23-21-18(7-9-27-23)4-3-8-26-21/h3-9,16-17H,10-15H2,1-2H3,(H,27,28,29,30,31). The summed E-state index contributed by atoms with van der Waals surface area (Å²) < 4.78 is 11.5. The lowest BCUT2D eigenvalue weighted by molar-refractivity contribution is -0.00570. The fourth-order valence-electron chi connectivity index (χ4n) is 4.77. The summed E-state index contributed by atoms with van der Waals surface area (Å²) in [6.45, 7) is 8.57. The average Bonchev–Trinajstić information content (AvgIpc) is 2.88. The Bertz CT molecular complexity index is 1340. The summed E-state index contributed by atoms with van der Waals surface area (Å²) in [7, 11) is 0. The minimum atomic E-state index is 0.107. The first kappa shape index (κ1) is 21.9. The second-order valence-corrected chi connectivity index (χ2v) is 9.04. The van der Waals surface area contributed by atoms with Crippen molar-refractivity contribution in [1.82, 2.24) is 24.9 Å². The largest absolute Gasteiger partial charge is 0.378 e. The van der Waals surface area contributed by atoms with Crippen LogP contribution in [0.4, 0.5) is 23.4 Å². The van der Waals surface area contributed by atoms with Crippen molar-refractivity contribution in [2.75, 3.05) is 54.5 Å². The Hall–Kier alpha value is -3.63. The zero-order valence-electron chi connectivity index (χ0n) is 19.9. The maximum absolute atomic E-state index is 5.93. The summed E-state index contributed by atoms with van der Waals surface area (Å²) in [6, 6.07) is 9.85. The smallest absolute Gasteiger partial charge is 0.229 e. The van der Waals surface area contributed by atoms with Gasteiger partial charge in [0.15, 0.2) is 11.5 Å². The van der Waals surface area contributed by atoms with Gasteiger partial charge in [0.1, 0.15) is 17.2 Å². The van der Waals surface area contributed by atoms with E-state index in [1.165, 1.54) is 0 Å². The Labute approximate surface area is 203 Å². The number of rotatable bonds is 4. The molecule has 0 aliphatic carbocycles. The highest BCUT2D eigenvalue weighted by molar-refractivity contribution is 5.92. The predicted octanol–water partition coefficient (Wildman–Crippen LogP) is 3.16. The number of anilines is 4. The molecule has 0 radical (unpaired) electrons. The number of ether oxygens (including phenoxy) is 2. The molecule has 180 valence electrons. The van der Waals surface area contributed by atoms with Crippen molar-refractivity contribution in [3.05, 3.63) is 42.7 Å². The molecular formula is C25H28N8O2. The average molecular weight is 473 g/mol. The van der Waals surface area contributed by atoms with Crippen LogP contribution < -0.4 is 15.1 Å². The van der Waals surface area contributed by atoms with Crippen molar-refractivity contribution < 1.29 is 9.47 Å². The second kappa shape index (κ2) is 9.20. The topological polar surface area (TPSA) is 101 Å². The van der Waals surface area contributed by atoms with E-state index in [-0.39, 0.29) is 12.2 Å². The Balaban J connectivity index is 1.42. The molecule has 6 rings (SSSR count). The highest BCUT2D eigenvalue weighted by Gasteiger charge is 2.26.